The van der Waals surface area contributed by atoms with Gasteiger partial charge in [-0.1, -0.05) is 96.3 Å². The molecule has 220 valence electrons. The van der Waals surface area contributed by atoms with E-state index in [1.807, 2.05) is 34.9 Å². The van der Waals surface area contributed by atoms with E-state index in [-0.39, 0.29) is 0 Å². The van der Waals surface area contributed by atoms with E-state index in [1.165, 1.54) is 140 Å². The number of rotatable bonds is 16. The second-order valence-corrected chi connectivity index (χ2v) is 15.1. The number of fused-ring (bicyclic) bond motifs is 9. The Labute approximate surface area is 263 Å². The molecule has 0 radical (unpaired) electrons. The largest absolute Gasteiger partial charge is 0.455 e. The van der Waals surface area contributed by atoms with E-state index >= 15 is 0 Å². The molecular weight excluding hydrogens is 569 g/mol. The fourth-order valence-electron chi connectivity index (χ4n) is 6.16. The molecule has 0 saturated carbocycles. The molecule has 0 amide bonds. The van der Waals surface area contributed by atoms with Crippen molar-refractivity contribution in [2.24, 2.45) is 0 Å². The molecule has 2 heterocycles. The summed E-state index contributed by atoms with van der Waals surface area (Å²) in [5.41, 5.74) is 2.03. The van der Waals surface area contributed by atoms with Crippen LogP contribution in [0, 0.1) is 0 Å². The Bertz CT molecular complexity index is 1640. The van der Waals surface area contributed by atoms with Crippen molar-refractivity contribution < 1.29 is 4.42 Å². The zero-order valence-corrected chi connectivity index (χ0v) is 27.8. The van der Waals surface area contributed by atoms with Gasteiger partial charge in [0.1, 0.15) is 11.2 Å². The molecule has 0 aliphatic heterocycles. The molecule has 0 atom stereocenters. The van der Waals surface area contributed by atoms with Gasteiger partial charge in [0.05, 0.1) is 0 Å². The fraction of sp³-hybridized carbons (Fsp3) is 0.421. The third kappa shape index (κ3) is 6.66. The monoisotopic (exact) mass is 612 g/mol. The Balaban J connectivity index is 1.20. The Morgan fingerprint density at radius 1 is 0.524 bits per heavy atom. The van der Waals surface area contributed by atoms with Gasteiger partial charge in [0, 0.05) is 51.5 Å². The first-order valence-electron chi connectivity index (χ1n) is 16.3. The summed E-state index contributed by atoms with van der Waals surface area (Å²) >= 11 is 5.92. The molecule has 0 unspecified atom stereocenters. The first-order valence-corrected chi connectivity index (χ1v) is 19.1. The maximum absolute atomic E-state index is 6.59. The van der Waals surface area contributed by atoms with Gasteiger partial charge in [-0.25, -0.2) is 0 Å². The molecular formula is C38H44OS3. The van der Waals surface area contributed by atoms with Crippen LogP contribution < -0.4 is 0 Å². The molecule has 6 aromatic rings. The number of unbranched alkanes of at least 4 members (excludes halogenated alkanes) is 10. The topological polar surface area (TPSA) is 13.1 Å². The Morgan fingerprint density at radius 2 is 1.02 bits per heavy atom. The summed E-state index contributed by atoms with van der Waals surface area (Å²) in [6.07, 6.45) is 16.2. The lowest BCUT2D eigenvalue weighted by Gasteiger charge is -2.03. The van der Waals surface area contributed by atoms with E-state index in [9.17, 15) is 0 Å². The summed E-state index contributed by atoms with van der Waals surface area (Å²) in [6.45, 7) is 4.57. The van der Waals surface area contributed by atoms with E-state index in [0.29, 0.717) is 0 Å². The number of hydrogen-bond acceptors (Lipinski definition) is 4. The van der Waals surface area contributed by atoms with Crippen molar-refractivity contribution in [2.45, 2.75) is 101 Å². The van der Waals surface area contributed by atoms with E-state index in [4.69, 9.17) is 4.42 Å². The van der Waals surface area contributed by atoms with Crippen LogP contribution in [0.15, 0.2) is 74.9 Å². The number of hydrogen-bond donors (Lipinski definition) is 0. The minimum Gasteiger partial charge on any atom is -0.455 e. The molecule has 1 nitrogen and oxygen atoms in total. The van der Waals surface area contributed by atoms with Gasteiger partial charge in [0.2, 0.25) is 0 Å². The van der Waals surface area contributed by atoms with E-state index in [2.05, 4.69) is 74.5 Å². The van der Waals surface area contributed by atoms with Crippen LogP contribution in [0.4, 0.5) is 0 Å². The Morgan fingerprint density at radius 3 is 1.69 bits per heavy atom. The van der Waals surface area contributed by atoms with E-state index in [0.717, 1.165) is 11.2 Å². The Hall–Kier alpha value is -2.14. The molecule has 0 aliphatic carbocycles. The quantitative estimate of drug-likeness (QED) is 0.0797. The smallest absolute Gasteiger partial charge is 0.143 e. The zero-order chi connectivity index (χ0) is 28.7. The standard InChI is InChI=1S/C38H44OS3/c1-3-5-7-9-11-13-23-40-27-15-17-29-31-19-22-34-32(37(31)39-35(29)25-27)20-21-33-30-18-16-28(26-36(30)42-38(33)34)41-24-14-12-10-8-6-4-2/h15-22,25-26H,3-14,23-24H2,1-2H3. The van der Waals surface area contributed by atoms with Crippen molar-refractivity contribution in [1.82, 2.24) is 0 Å². The maximum Gasteiger partial charge on any atom is 0.143 e. The molecule has 4 heteroatoms. The summed E-state index contributed by atoms with van der Waals surface area (Å²) in [5, 5.41) is 7.70. The maximum atomic E-state index is 6.59. The van der Waals surface area contributed by atoms with Crippen molar-refractivity contribution in [2.75, 3.05) is 11.5 Å². The van der Waals surface area contributed by atoms with Gasteiger partial charge in [-0.05, 0) is 66.8 Å². The summed E-state index contributed by atoms with van der Waals surface area (Å²) in [5.74, 6) is 2.40. The second kappa shape index (κ2) is 14.6. The first kappa shape index (κ1) is 29.9. The zero-order valence-electron chi connectivity index (χ0n) is 25.3. The highest BCUT2D eigenvalue weighted by Gasteiger charge is 2.15. The van der Waals surface area contributed by atoms with Crippen LogP contribution in [-0.4, -0.2) is 11.5 Å². The summed E-state index contributed by atoms with van der Waals surface area (Å²) in [7, 11) is 0. The molecule has 0 fully saturated rings. The van der Waals surface area contributed by atoms with Crippen LogP contribution in [0.3, 0.4) is 0 Å². The van der Waals surface area contributed by atoms with Crippen LogP contribution in [0.1, 0.15) is 90.9 Å². The molecule has 0 aliphatic rings. The number of thiophene rings is 1. The van der Waals surface area contributed by atoms with Crippen molar-refractivity contribution in [3.63, 3.8) is 0 Å². The molecule has 0 saturated heterocycles. The predicted molar refractivity (Wildman–Crippen MR) is 192 cm³/mol. The average molecular weight is 613 g/mol. The van der Waals surface area contributed by atoms with Gasteiger partial charge in [0.15, 0.2) is 0 Å². The van der Waals surface area contributed by atoms with Crippen LogP contribution in [0.25, 0.3) is 52.9 Å². The number of thioether (sulfide) groups is 2. The van der Waals surface area contributed by atoms with Gasteiger partial charge in [-0.2, -0.15) is 0 Å². The highest BCUT2D eigenvalue weighted by molar-refractivity contribution is 7.99. The van der Waals surface area contributed by atoms with Crippen LogP contribution >= 0.6 is 34.9 Å². The highest BCUT2D eigenvalue weighted by Crippen LogP contribution is 2.43. The van der Waals surface area contributed by atoms with Crippen molar-refractivity contribution in [3.8, 4) is 0 Å². The summed E-state index contributed by atoms with van der Waals surface area (Å²) < 4.78 is 9.36. The second-order valence-electron chi connectivity index (χ2n) is 11.7. The summed E-state index contributed by atoms with van der Waals surface area (Å²) in [6, 6.07) is 23.1. The predicted octanol–water partition coefficient (Wildman–Crippen LogP) is 14.0. The normalized spacial score (nSPS) is 12.1. The van der Waals surface area contributed by atoms with Gasteiger partial charge in [-0.3, -0.25) is 0 Å². The molecule has 0 bridgehead atoms. The lowest BCUT2D eigenvalue weighted by Crippen LogP contribution is -1.82. The molecule has 6 rings (SSSR count). The highest BCUT2D eigenvalue weighted by atomic mass is 32.2. The van der Waals surface area contributed by atoms with Gasteiger partial charge in [0.25, 0.3) is 0 Å². The van der Waals surface area contributed by atoms with Crippen molar-refractivity contribution >= 4 is 87.7 Å². The molecule has 0 N–H and O–H groups in total. The van der Waals surface area contributed by atoms with E-state index < -0.39 is 0 Å². The lowest BCUT2D eigenvalue weighted by molar-refractivity contribution is 0.627. The molecule has 4 aromatic carbocycles. The number of benzene rings is 4. The molecule has 0 spiro atoms. The van der Waals surface area contributed by atoms with Gasteiger partial charge < -0.3 is 4.42 Å². The number of furan rings is 1. The van der Waals surface area contributed by atoms with Crippen LogP contribution in [-0.2, 0) is 0 Å². The van der Waals surface area contributed by atoms with Crippen molar-refractivity contribution in [3.05, 3.63) is 60.7 Å². The Kier molecular flexibility index (Phi) is 10.4. The lowest BCUT2D eigenvalue weighted by atomic mass is 10.0. The minimum absolute atomic E-state index is 1.01. The van der Waals surface area contributed by atoms with Gasteiger partial charge >= 0.3 is 0 Å². The third-order valence-electron chi connectivity index (χ3n) is 8.55. The van der Waals surface area contributed by atoms with E-state index in [1.54, 1.807) is 0 Å². The first-order chi connectivity index (χ1) is 20.8. The SMILES string of the molecule is CCCCCCCCSc1ccc2c(c1)oc1c2ccc2c1ccc1c3ccc(SCCCCCCCC)cc3sc12. The molecule has 2 aromatic heterocycles. The summed E-state index contributed by atoms with van der Waals surface area (Å²) in [4.78, 5) is 2.72. The fourth-order valence-corrected chi connectivity index (χ4v) is 9.39. The van der Waals surface area contributed by atoms with Gasteiger partial charge in [-0.15, -0.1) is 34.9 Å². The molecule has 42 heavy (non-hydrogen) atoms. The van der Waals surface area contributed by atoms with Crippen LogP contribution in [0.5, 0.6) is 0 Å². The van der Waals surface area contributed by atoms with Crippen LogP contribution in [0.2, 0.25) is 0 Å². The third-order valence-corrected chi connectivity index (χ3v) is 11.9. The minimum atomic E-state index is 1.01. The average Bonchev–Trinajstić information content (AvgIpc) is 3.58. The van der Waals surface area contributed by atoms with Crippen molar-refractivity contribution in [1.29, 1.82) is 0 Å².